The van der Waals surface area contributed by atoms with Crippen molar-refractivity contribution in [3.05, 3.63) is 29.3 Å². The van der Waals surface area contributed by atoms with Crippen LogP contribution in [0.2, 0.25) is 0 Å². The second kappa shape index (κ2) is 9.37. The van der Waals surface area contributed by atoms with E-state index in [2.05, 4.69) is 16.0 Å². The Morgan fingerprint density at radius 1 is 1.19 bits per heavy atom. The monoisotopic (exact) mass is 313 g/mol. The summed E-state index contributed by atoms with van der Waals surface area (Å²) in [5.41, 5.74) is 2.83. The van der Waals surface area contributed by atoms with E-state index in [9.17, 15) is 9.59 Å². The number of hydrogen-bond acceptors (Lipinski definition) is 3. The minimum Gasteiger partial charge on any atom is -0.347 e. The van der Waals surface area contributed by atoms with Gasteiger partial charge in [-0.2, -0.15) is 0 Å². The molecule has 1 aromatic carbocycles. The van der Waals surface area contributed by atoms with Gasteiger partial charge in [-0.3, -0.25) is 9.59 Å². The smallest absolute Gasteiger partial charge is 0.243 e. The number of anilines is 1. The van der Waals surface area contributed by atoms with Crippen LogP contribution in [0.3, 0.4) is 0 Å². The van der Waals surface area contributed by atoms with Crippen molar-refractivity contribution in [2.24, 2.45) is 5.92 Å². The number of carbonyl (C=O) groups is 2. The summed E-state index contributed by atoms with van der Waals surface area (Å²) in [5.74, 6) is -0.503. The number of nitrogens with one attached hydrogen (secondary N) is 3. The van der Waals surface area contributed by atoms with Gasteiger partial charge in [0.1, 0.15) is 0 Å². The van der Waals surface area contributed by atoms with Crippen molar-refractivity contribution in [1.29, 1.82) is 0 Å². The summed E-state index contributed by atoms with van der Waals surface area (Å²) >= 11 is 0. The van der Waals surface area contributed by atoms with Crippen molar-refractivity contribution in [2.75, 3.05) is 25.5 Å². The molecule has 3 N–H and O–H groups in total. The van der Waals surface area contributed by atoms with Crippen LogP contribution in [-0.4, -0.2) is 32.0 Å². The Morgan fingerprint density at radius 2 is 1.76 bits per heavy atom. The topological polar surface area (TPSA) is 70.2 Å². The highest BCUT2D eigenvalue weighted by Crippen LogP contribution is 2.18. The maximum Gasteiger partial charge on any atom is 0.243 e. The maximum absolute atomic E-state index is 11.9. The van der Waals surface area contributed by atoms with Gasteiger partial charge in [0.05, 0.1) is 6.54 Å². The second-order valence-electron chi connectivity index (χ2n) is 4.99. The quantitative estimate of drug-likeness (QED) is 0.747. The van der Waals surface area contributed by atoms with Crippen molar-refractivity contribution in [1.82, 2.24) is 10.6 Å². The first-order valence-electron chi connectivity index (χ1n) is 6.74. The second-order valence-corrected chi connectivity index (χ2v) is 4.99. The van der Waals surface area contributed by atoms with Gasteiger partial charge < -0.3 is 16.0 Å². The Balaban J connectivity index is 0.00000400. The lowest BCUT2D eigenvalue weighted by Crippen LogP contribution is -2.38. The number of carbonyl (C=O) groups excluding carboxylic acids is 2. The Labute approximate surface area is 132 Å². The molecule has 118 valence electrons. The maximum atomic E-state index is 11.9. The summed E-state index contributed by atoms with van der Waals surface area (Å²) in [6.07, 6.45) is 0. The molecule has 0 aliphatic heterocycles. The van der Waals surface area contributed by atoms with E-state index in [-0.39, 0.29) is 36.7 Å². The lowest BCUT2D eigenvalue weighted by atomic mass is 10.1. The molecule has 0 aliphatic carbocycles. The third kappa shape index (κ3) is 6.14. The van der Waals surface area contributed by atoms with Crippen molar-refractivity contribution >= 4 is 29.9 Å². The first kappa shape index (κ1) is 19.4. The fourth-order valence-corrected chi connectivity index (χ4v) is 1.94. The summed E-state index contributed by atoms with van der Waals surface area (Å²) in [4.78, 5) is 23.6. The molecule has 0 bridgehead atoms. The van der Waals surface area contributed by atoms with Crippen LogP contribution in [-0.2, 0) is 9.59 Å². The highest BCUT2D eigenvalue weighted by molar-refractivity contribution is 5.95. The zero-order chi connectivity index (χ0) is 15.1. The van der Waals surface area contributed by atoms with E-state index in [1.165, 1.54) is 0 Å². The fourth-order valence-electron chi connectivity index (χ4n) is 1.94. The minimum atomic E-state index is -0.215. The summed E-state index contributed by atoms with van der Waals surface area (Å²) in [5, 5.41) is 8.40. The van der Waals surface area contributed by atoms with Crippen molar-refractivity contribution < 1.29 is 9.59 Å². The molecular weight excluding hydrogens is 290 g/mol. The zero-order valence-electron chi connectivity index (χ0n) is 12.9. The predicted molar refractivity (Wildman–Crippen MR) is 87.9 cm³/mol. The average Bonchev–Trinajstić information content (AvgIpc) is 2.40. The van der Waals surface area contributed by atoms with Crippen LogP contribution in [0.15, 0.2) is 18.2 Å². The molecule has 0 fully saturated rings. The van der Waals surface area contributed by atoms with Crippen LogP contribution in [0.5, 0.6) is 0 Å². The number of amides is 2. The van der Waals surface area contributed by atoms with E-state index in [1.807, 2.05) is 39.0 Å². The van der Waals surface area contributed by atoms with E-state index < -0.39 is 0 Å². The molecule has 0 radical (unpaired) electrons. The van der Waals surface area contributed by atoms with Crippen molar-refractivity contribution in [3.63, 3.8) is 0 Å². The van der Waals surface area contributed by atoms with Crippen molar-refractivity contribution in [3.8, 4) is 0 Å². The molecule has 0 aromatic heterocycles. The van der Waals surface area contributed by atoms with Crippen LogP contribution in [0.1, 0.15) is 18.1 Å². The van der Waals surface area contributed by atoms with Crippen LogP contribution >= 0.6 is 12.4 Å². The Kier molecular flexibility index (Phi) is 8.66. The Bertz CT molecular complexity index is 472. The molecule has 1 atom stereocenters. The molecule has 0 saturated heterocycles. The number of halogens is 1. The number of para-hydroxylation sites is 1. The molecule has 1 rings (SSSR count). The Hall–Kier alpha value is -1.59. The van der Waals surface area contributed by atoms with E-state index in [4.69, 9.17) is 0 Å². The van der Waals surface area contributed by atoms with Crippen LogP contribution in [0.25, 0.3) is 0 Å². The van der Waals surface area contributed by atoms with E-state index in [0.717, 1.165) is 16.8 Å². The summed E-state index contributed by atoms with van der Waals surface area (Å²) in [6.45, 7) is 6.27. The standard InChI is InChI=1S/C15H23N3O2.ClH/c1-10-6-5-7-11(2)14(10)18-13(19)9-17-15(20)12(3)8-16-4;/h5-7,12,16H,8-9H2,1-4H3,(H,17,20)(H,18,19);1H. The van der Waals surface area contributed by atoms with Gasteiger partial charge in [0.25, 0.3) is 0 Å². The van der Waals surface area contributed by atoms with Gasteiger partial charge in [-0.1, -0.05) is 25.1 Å². The lowest BCUT2D eigenvalue weighted by molar-refractivity contribution is -0.126. The highest BCUT2D eigenvalue weighted by Gasteiger charge is 2.13. The number of hydrogen-bond donors (Lipinski definition) is 3. The van der Waals surface area contributed by atoms with Gasteiger partial charge in [-0.05, 0) is 32.0 Å². The highest BCUT2D eigenvalue weighted by atomic mass is 35.5. The van der Waals surface area contributed by atoms with Gasteiger partial charge in [-0.15, -0.1) is 12.4 Å². The number of aryl methyl sites for hydroxylation is 2. The molecule has 0 aliphatic rings. The molecule has 0 spiro atoms. The minimum absolute atomic E-state index is 0. The van der Waals surface area contributed by atoms with Crippen LogP contribution in [0, 0.1) is 19.8 Å². The fraction of sp³-hybridized carbons (Fsp3) is 0.467. The third-order valence-electron chi connectivity index (χ3n) is 3.13. The molecule has 1 aromatic rings. The normalized spacial score (nSPS) is 11.2. The largest absolute Gasteiger partial charge is 0.347 e. The summed E-state index contributed by atoms with van der Waals surface area (Å²) < 4.78 is 0. The molecule has 6 heteroatoms. The number of benzene rings is 1. The van der Waals surface area contributed by atoms with E-state index in [1.54, 1.807) is 7.05 Å². The summed E-state index contributed by atoms with van der Waals surface area (Å²) in [6, 6.07) is 5.83. The van der Waals surface area contributed by atoms with Gasteiger partial charge in [0.2, 0.25) is 11.8 Å². The molecule has 0 saturated carbocycles. The SMILES string of the molecule is CNCC(C)C(=O)NCC(=O)Nc1c(C)cccc1C.Cl. The van der Waals surface area contributed by atoms with Crippen LogP contribution < -0.4 is 16.0 Å². The lowest BCUT2D eigenvalue weighted by Gasteiger charge is -2.13. The van der Waals surface area contributed by atoms with E-state index >= 15 is 0 Å². The average molecular weight is 314 g/mol. The first-order valence-corrected chi connectivity index (χ1v) is 6.74. The van der Waals surface area contributed by atoms with Crippen molar-refractivity contribution in [2.45, 2.75) is 20.8 Å². The van der Waals surface area contributed by atoms with Gasteiger partial charge in [0, 0.05) is 18.2 Å². The molecule has 0 heterocycles. The number of rotatable bonds is 6. The predicted octanol–water partition coefficient (Wildman–Crippen LogP) is 1.64. The van der Waals surface area contributed by atoms with E-state index in [0.29, 0.717) is 6.54 Å². The van der Waals surface area contributed by atoms with Gasteiger partial charge in [0.15, 0.2) is 0 Å². The first-order chi connectivity index (χ1) is 9.45. The Morgan fingerprint density at radius 3 is 2.29 bits per heavy atom. The molecule has 1 unspecified atom stereocenters. The third-order valence-corrected chi connectivity index (χ3v) is 3.13. The zero-order valence-corrected chi connectivity index (χ0v) is 13.8. The molecule has 2 amide bonds. The molecule has 21 heavy (non-hydrogen) atoms. The molecule has 5 nitrogen and oxygen atoms in total. The molecular formula is C15H24ClN3O2. The van der Waals surface area contributed by atoms with Gasteiger partial charge in [-0.25, -0.2) is 0 Å². The summed E-state index contributed by atoms with van der Waals surface area (Å²) in [7, 11) is 1.79. The van der Waals surface area contributed by atoms with Gasteiger partial charge >= 0.3 is 0 Å². The van der Waals surface area contributed by atoms with Crippen LogP contribution in [0.4, 0.5) is 5.69 Å².